The second kappa shape index (κ2) is 9.78. The number of rotatable bonds is 5. The van der Waals surface area contributed by atoms with Gasteiger partial charge in [-0.3, -0.25) is 9.36 Å². The molecule has 2 aromatic heterocycles. The van der Waals surface area contributed by atoms with Crippen molar-refractivity contribution in [2.75, 3.05) is 25.6 Å². The zero-order chi connectivity index (χ0) is 26.3. The van der Waals surface area contributed by atoms with Gasteiger partial charge in [0, 0.05) is 25.2 Å². The number of allylic oxidation sites excluding steroid dienone is 1. The summed E-state index contributed by atoms with van der Waals surface area (Å²) in [4.78, 5) is 38.8. The molecule has 2 aromatic carbocycles. The van der Waals surface area contributed by atoms with Crippen LogP contribution in [0.1, 0.15) is 36.7 Å². The predicted octanol–water partition coefficient (Wildman–Crippen LogP) is 3.72. The number of thiazole rings is 1. The van der Waals surface area contributed by atoms with E-state index in [-0.39, 0.29) is 12.2 Å². The highest BCUT2D eigenvalue weighted by atomic mass is 32.1. The van der Waals surface area contributed by atoms with E-state index in [1.807, 2.05) is 74.4 Å². The van der Waals surface area contributed by atoms with E-state index in [4.69, 9.17) is 9.72 Å². The second-order valence-electron chi connectivity index (χ2n) is 9.22. The average molecular weight is 513 g/mol. The Morgan fingerprint density at radius 3 is 2.57 bits per heavy atom. The van der Waals surface area contributed by atoms with Crippen molar-refractivity contribution >= 4 is 40.0 Å². The minimum atomic E-state index is -0.638. The molecule has 0 aliphatic carbocycles. The lowest BCUT2D eigenvalue weighted by molar-refractivity contribution is -0.139. The van der Waals surface area contributed by atoms with E-state index < -0.39 is 12.0 Å². The van der Waals surface area contributed by atoms with Gasteiger partial charge in [0.25, 0.3) is 5.56 Å². The lowest BCUT2D eigenvalue weighted by Gasteiger charge is -2.25. The summed E-state index contributed by atoms with van der Waals surface area (Å²) in [6, 6.07) is 17.2. The number of carbonyl (C=O) groups is 1. The van der Waals surface area contributed by atoms with E-state index in [2.05, 4.69) is 11.1 Å². The van der Waals surface area contributed by atoms with Crippen LogP contribution in [-0.2, 0) is 9.53 Å². The summed E-state index contributed by atoms with van der Waals surface area (Å²) in [5.41, 5.74) is 5.26. The minimum Gasteiger partial charge on any atom is -0.463 e. The van der Waals surface area contributed by atoms with Gasteiger partial charge in [-0.05, 0) is 62.7 Å². The maximum Gasteiger partial charge on any atom is 0.338 e. The fraction of sp³-hybridized carbons (Fsp3) is 0.241. The van der Waals surface area contributed by atoms with E-state index >= 15 is 0 Å². The Balaban J connectivity index is 1.68. The van der Waals surface area contributed by atoms with Crippen LogP contribution in [0.15, 0.2) is 75.7 Å². The molecule has 1 aliphatic rings. The Labute approximate surface area is 218 Å². The van der Waals surface area contributed by atoms with Crippen LogP contribution in [0, 0.1) is 6.92 Å². The maximum absolute atomic E-state index is 13.8. The number of anilines is 1. The van der Waals surface area contributed by atoms with Crippen LogP contribution in [0.3, 0.4) is 0 Å². The van der Waals surface area contributed by atoms with Crippen LogP contribution < -0.4 is 19.8 Å². The Kier molecular flexibility index (Phi) is 6.52. The predicted molar refractivity (Wildman–Crippen MR) is 148 cm³/mol. The number of aryl methyl sites for hydroxylation is 1. The van der Waals surface area contributed by atoms with E-state index in [9.17, 15) is 9.59 Å². The molecule has 0 unspecified atom stereocenters. The summed E-state index contributed by atoms with van der Waals surface area (Å²) in [7, 11) is 3.93. The van der Waals surface area contributed by atoms with Gasteiger partial charge in [0.15, 0.2) is 4.80 Å². The zero-order valence-corrected chi connectivity index (χ0v) is 22.3. The molecule has 0 spiro atoms. The van der Waals surface area contributed by atoms with E-state index in [1.165, 1.54) is 16.9 Å². The molecule has 1 atom stereocenters. The number of nitrogens with zero attached hydrogens (tertiary/aromatic N) is 4. The highest BCUT2D eigenvalue weighted by molar-refractivity contribution is 7.07. The normalized spacial score (nSPS) is 15.5. The van der Waals surface area contributed by atoms with Crippen LogP contribution in [0.2, 0.25) is 0 Å². The van der Waals surface area contributed by atoms with Crippen LogP contribution in [0.4, 0.5) is 5.69 Å². The molecule has 0 amide bonds. The summed E-state index contributed by atoms with van der Waals surface area (Å²) in [5.74, 6) is -0.466. The first kappa shape index (κ1) is 24.6. The monoisotopic (exact) mass is 512 g/mol. The van der Waals surface area contributed by atoms with E-state index in [0.717, 1.165) is 22.2 Å². The topological polar surface area (TPSA) is 76.8 Å². The minimum absolute atomic E-state index is 0.217. The van der Waals surface area contributed by atoms with Crippen molar-refractivity contribution in [1.82, 2.24) is 9.55 Å². The van der Waals surface area contributed by atoms with Crippen molar-refractivity contribution in [2.24, 2.45) is 4.99 Å². The Morgan fingerprint density at radius 2 is 1.86 bits per heavy atom. The second-order valence-corrected chi connectivity index (χ2v) is 10.2. The highest BCUT2D eigenvalue weighted by Gasteiger charge is 2.33. The maximum atomic E-state index is 13.8. The van der Waals surface area contributed by atoms with Crippen LogP contribution in [-0.4, -0.2) is 36.2 Å². The fourth-order valence-corrected chi connectivity index (χ4v) is 5.57. The number of hydrogen-bond acceptors (Lipinski definition) is 7. The van der Waals surface area contributed by atoms with Gasteiger partial charge >= 0.3 is 5.97 Å². The number of pyridine rings is 1. The molecule has 1 aliphatic heterocycles. The largest absolute Gasteiger partial charge is 0.463 e. The molecule has 4 aromatic rings. The van der Waals surface area contributed by atoms with Gasteiger partial charge in [-0.1, -0.05) is 41.2 Å². The lowest BCUT2D eigenvalue weighted by Crippen LogP contribution is -2.40. The number of carbonyl (C=O) groups excluding carboxylic acids is 1. The fourth-order valence-electron chi connectivity index (χ4n) is 4.54. The SMILES string of the molecule is CCOC(=O)C1=C(C)N=c2s/c(=C/c3ccc4cc(C)ccc4n3)c(=O)n2[C@H]1c1ccc(N(C)C)cc1. The van der Waals surface area contributed by atoms with Crippen LogP contribution >= 0.6 is 11.3 Å². The molecule has 0 fully saturated rings. The Morgan fingerprint density at radius 1 is 1.11 bits per heavy atom. The first-order valence-electron chi connectivity index (χ1n) is 12.1. The first-order chi connectivity index (χ1) is 17.8. The number of benzene rings is 2. The van der Waals surface area contributed by atoms with Crippen LogP contribution in [0.5, 0.6) is 0 Å². The average Bonchev–Trinajstić information content (AvgIpc) is 3.17. The lowest BCUT2D eigenvalue weighted by atomic mass is 9.95. The third-order valence-electron chi connectivity index (χ3n) is 6.39. The Hall–Kier alpha value is -4.04. The van der Waals surface area contributed by atoms with Crippen molar-refractivity contribution in [2.45, 2.75) is 26.8 Å². The molecule has 0 bridgehead atoms. The number of fused-ring (bicyclic) bond motifs is 2. The summed E-state index contributed by atoms with van der Waals surface area (Å²) in [5, 5.41) is 1.05. The molecule has 5 rings (SSSR count). The van der Waals surface area contributed by atoms with E-state index in [1.54, 1.807) is 24.5 Å². The zero-order valence-electron chi connectivity index (χ0n) is 21.5. The summed E-state index contributed by atoms with van der Waals surface area (Å²) >= 11 is 1.30. The quantitative estimate of drug-likeness (QED) is 0.381. The molecule has 3 heterocycles. The number of hydrogen-bond donors (Lipinski definition) is 0. The third kappa shape index (κ3) is 4.60. The molecule has 0 saturated heterocycles. The van der Waals surface area contributed by atoms with Gasteiger partial charge in [0.2, 0.25) is 0 Å². The molecular formula is C29H28N4O3S. The van der Waals surface area contributed by atoms with E-state index in [0.29, 0.717) is 26.3 Å². The molecule has 0 N–H and O–H groups in total. The smallest absolute Gasteiger partial charge is 0.338 e. The summed E-state index contributed by atoms with van der Waals surface area (Å²) < 4.78 is 7.48. The van der Waals surface area contributed by atoms with Crippen molar-refractivity contribution in [3.8, 4) is 0 Å². The van der Waals surface area contributed by atoms with Crippen LogP contribution in [0.25, 0.3) is 17.0 Å². The van der Waals surface area contributed by atoms with Gasteiger partial charge in [0.1, 0.15) is 0 Å². The standard InChI is InChI=1S/C29H28N4O3S/c1-6-36-28(35)25-18(3)30-29-33(26(25)19-9-12-22(13-10-19)32(4)5)27(34)24(37-29)16-21-11-8-20-15-17(2)7-14-23(20)31-21/h7-16,26H,6H2,1-5H3/b24-16+/t26-/m0/s1. The van der Waals surface area contributed by atoms with Crippen molar-refractivity contribution in [3.63, 3.8) is 0 Å². The number of aromatic nitrogens is 2. The Bertz CT molecular complexity index is 1730. The number of ether oxygens (including phenoxy) is 1. The first-order valence-corrected chi connectivity index (χ1v) is 12.9. The molecule has 0 saturated carbocycles. The molecule has 0 radical (unpaired) electrons. The molecule has 8 heteroatoms. The van der Waals surface area contributed by atoms with Gasteiger partial charge in [0.05, 0.1) is 39.7 Å². The van der Waals surface area contributed by atoms with Gasteiger partial charge in [-0.15, -0.1) is 0 Å². The van der Waals surface area contributed by atoms with Crippen molar-refractivity contribution in [1.29, 1.82) is 0 Å². The molecule has 188 valence electrons. The van der Waals surface area contributed by atoms with Crippen molar-refractivity contribution < 1.29 is 9.53 Å². The number of esters is 1. The molecular weight excluding hydrogens is 484 g/mol. The van der Waals surface area contributed by atoms with Crippen molar-refractivity contribution in [3.05, 3.63) is 102 Å². The van der Waals surface area contributed by atoms with Gasteiger partial charge < -0.3 is 9.64 Å². The third-order valence-corrected chi connectivity index (χ3v) is 7.37. The summed E-state index contributed by atoms with van der Waals surface area (Å²) in [6.45, 7) is 5.84. The van der Waals surface area contributed by atoms with Gasteiger partial charge in [-0.2, -0.15) is 0 Å². The molecule has 37 heavy (non-hydrogen) atoms. The highest BCUT2D eigenvalue weighted by Crippen LogP contribution is 2.31. The summed E-state index contributed by atoms with van der Waals surface area (Å²) in [6.07, 6.45) is 1.79. The van der Waals surface area contributed by atoms with Gasteiger partial charge in [-0.25, -0.2) is 14.8 Å². The molecule has 7 nitrogen and oxygen atoms in total.